The monoisotopic (exact) mass is 278 g/mol. The highest BCUT2D eigenvalue weighted by Crippen LogP contribution is 2.10. The van der Waals surface area contributed by atoms with Gasteiger partial charge in [-0.1, -0.05) is 6.07 Å². The van der Waals surface area contributed by atoms with Gasteiger partial charge in [-0.3, -0.25) is 9.59 Å². The molecule has 0 aliphatic carbocycles. The molecule has 0 aliphatic rings. The van der Waals surface area contributed by atoms with Crippen molar-refractivity contribution in [3.63, 3.8) is 0 Å². The first kappa shape index (κ1) is 13.3. The molecule has 19 heavy (non-hydrogen) atoms. The molecular formula is C12H14N4O2S. The fraction of sp³-hybridized carbons (Fsp3) is 0.250. The first-order chi connectivity index (χ1) is 9.16. The number of amides is 2. The van der Waals surface area contributed by atoms with Gasteiger partial charge in [-0.05, 0) is 11.4 Å². The van der Waals surface area contributed by atoms with E-state index in [2.05, 4.69) is 15.3 Å². The zero-order chi connectivity index (χ0) is 13.7. The molecule has 0 atom stereocenters. The normalized spacial score (nSPS) is 10.2. The highest BCUT2D eigenvalue weighted by Gasteiger charge is 2.15. The van der Waals surface area contributed by atoms with Crippen LogP contribution < -0.4 is 5.32 Å². The second-order valence-corrected chi connectivity index (χ2v) is 4.90. The summed E-state index contributed by atoms with van der Waals surface area (Å²) in [5.41, 5.74) is 0. The van der Waals surface area contributed by atoms with Crippen molar-refractivity contribution in [2.24, 2.45) is 0 Å². The fourth-order valence-corrected chi connectivity index (χ4v) is 2.23. The lowest BCUT2D eigenvalue weighted by Gasteiger charge is -2.15. The number of hydrogen-bond donors (Lipinski definition) is 2. The van der Waals surface area contributed by atoms with Gasteiger partial charge in [0.25, 0.3) is 5.91 Å². The number of rotatable bonds is 5. The second-order valence-electron chi connectivity index (χ2n) is 3.95. The number of nitrogens with zero attached hydrogens (tertiary/aromatic N) is 2. The lowest BCUT2D eigenvalue weighted by Crippen LogP contribution is -2.38. The number of H-pyrrole nitrogens is 1. The Labute approximate surface area is 114 Å². The molecule has 2 heterocycles. The number of aromatic amines is 1. The number of carbonyl (C=O) groups is 2. The van der Waals surface area contributed by atoms with Gasteiger partial charge < -0.3 is 15.2 Å². The third kappa shape index (κ3) is 3.65. The summed E-state index contributed by atoms with van der Waals surface area (Å²) in [4.78, 5) is 32.5. The summed E-state index contributed by atoms with van der Waals surface area (Å²) < 4.78 is 0. The van der Waals surface area contributed by atoms with Crippen LogP contribution in [0.3, 0.4) is 0 Å². The van der Waals surface area contributed by atoms with Crippen LogP contribution in [-0.4, -0.2) is 40.3 Å². The Balaban J connectivity index is 1.80. The molecule has 0 radical (unpaired) electrons. The van der Waals surface area contributed by atoms with Gasteiger partial charge in [0, 0.05) is 19.4 Å². The van der Waals surface area contributed by atoms with Gasteiger partial charge in [0.2, 0.25) is 5.91 Å². The second kappa shape index (κ2) is 6.14. The van der Waals surface area contributed by atoms with Gasteiger partial charge in [-0.2, -0.15) is 0 Å². The number of nitrogens with one attached hydrogen (secondary N) is 2. The Morgan fingerprint density at radius 2 is 2.37 bits per heavy atom. The Morgan fingerprint density at radius 1 is 1.53 bits per heavy atom. The Bertz CT molecular complexity index is 536. The van der Waals surface area contributed by atoms with Crippen LogP contribution in [0.15, 0.2) is 29.9 Å². The van der Waals surface area contributed by atoms with Crippen LogP contribution in [0, 0.1) is 0 Å². The van der Waals surface area contributed by atoms with Crippen LogP contribution in [0.4, 0.5) is 0 Å². The van der Waals surface area contributed by atoms with Gasteiger partial charge >= 0.3 is 0 Å². The Hall–Kier alpha value is -2.15. The van der Waals surface area contributed by atoms with E-state index in [1.807, 2.05) is 11.4 Å². The zero-order valence-electron chi connectivity index (χ0n) is 10.4. The molecule has 0 saturated carbocycles. The number of thiophene rings is 1. The Morgan fingerprint density at radius 3 is 3.00 bits per heavy atom. The van der Waals surface area contributed by atoms with E-state index in [-0.39, 0.29) is 18.4 Å². The fourth-order valence-electron chi connectivity index (χ4n) is 1.51. The summed E-state index contributed by atoms with van der Waals surface area (Å²) in [6.07, 6.45) is 3.31. The van der Waals surface area contributed by atoms with Gasteiger partial charge in [0.1, 0.15) is 5.82 Å². The van der Waals surface area contributed by atoms with E-state index < -0.39 is 0 Å². The van der Waals surface area contributed by atoms with Crippen molar-refractivity contribution in [2.45, 2.75) is 6.54 Å². The molecule has 7 heteroatoms. The lowest BCUT2D eigenvalue weighted by atomic mass is 10.4. The van der Waals surface area contributed by atoms with Gasteiger partial charge in [0.15, 0.2) is 0 Å². The van der Waals surface area contributed by atoms with E-state index in [4.69, 9.17) is 0 Å². The molecule has 2 amide bonds. The van der Waals surface area contributed by atoms with Crippen molar-refractivity contribution in [2.75, 3.05) is 13.6 Å². The average molecular weight is 278 g/mol. The molecule has 2 rings (SSSR count). The minimum atomic E-state index is -0.219. The standard InChI is InChI=1S/C12H14N4O2S/c1-16(12(18)9-3-2-6-19-9)8-11(17)15-7-10-13-4-5-14-10/h2-6H,7-8H2,1H3,(H,13,14)(H,15,17). The van der Waals surface area contributed by atoms with Gasteiger partial charge in [0.05, 0.1) is 18.0 Å². The summed E-state index contributed by atoms with van der Waals surface area (Å²) >= 11 is 1.36. The minimum absolute atomic E-state index is 0.0252. The highest BCUT2D eigenvalue weighted by molar-refractivity contribution is 7.12. The molecule has 0 fully saturated rings. The van der Waals surface area contributed by atoms with Crippen molar-refractivity contribution < 1.29 is 9.59 Å². The van der Waals surface area contributed by atoms with Crippen LogP contribution in [0.25, 0.3) is 0 Å². The zero-order valence-corrected chi connectivity index (χ0v) is 11.2. The molecule has 0 unspecified atom stereocenters. The van der Waals surface area contributed by atoms with Crippen LogP contribution >= 0.6 is 11.3 Å². The first-order valence-corrected chi connectivity index (χ1v) is 6.58. The number of likely N-dealkylation sites (N-methyl/N-ethyl adjacent to an activating group) is 1. The van der Waals surface area contributed by atoms with Gasteiger partial charge in [-0.15, -0.1) is 11.3 Å². The number of hydrogen-bond acceptors (Lipinski definition) is 4. The smallest absolute Gasteiger partial charge is 0.264 e. The summed E-state index contributed by atoms with van der Waals surface area (Å²) in [5, 5.41) is 4.52. The topological polar surface area (TPSA) is 78.1 Å². The predicted octanol–water partition coefficient (Wildman–Crippen LogP) is 0.860. The van der Waals surface area contributed by atoms with Crippen molar-refractivity contribution in [3.05, 3.63) is 40.6 Å². The number of aromatic nitrogens is 2. The molecule has 2 aromatic rings. The third-order valence-corrected chi connectivity index (χ3v) is 3.33. The summed E-state index contributed by atoms with van der Waals surface area (Å²) in [7, 11) is 1.61. The van der Waals surface area contributed by atoms with E-state index >= 15 is 0 Å². The van der Waals surface area contributed by atoms with E-state index in [0.717, 1.165) is 0 Å². The van der Waals surface area contributed by atoms with E-state index in [1.165, 1.54) is 16.2 Å². The molecule has 0 aliphatic heterocycles. The highest BCUT2D eigenvalue weighted by atomic mass is 32.1. The predicted molar refractivity (Wildman–Crippen MR) is 71.7 cm³/mol. The van der Waals surface area contributed by atoms with Gasteiger partial charge in [-0.25, -0.2) is 4.98 Å². The summed E-state index contributed by atoms with van der Waals surface area (Å²) in [6, 6.07) is 3.55. The van der Waals surface area contributed by atoms with Crippen LogP contribution in [-0.2, 0) is 11.3 Å². The molecule has 0 saturated heterocycles. The molecule has 100 valence electrons. The Kier molecular flexibility index (Phi) is 4.30. The lowest BCUT2D eigenvalue weighted by molar-refractivity contribution is -0.121. The maximum absolute atomic E-state index is 11.9. The number of imidazole rings is 1. The van der Waals surface area contributed by atoms with E-state index in [1.54, 1.807) is 25.5 Å². The van der Waals surface area contributed by atoms with Crippen molar-refractivity contribution in [1.29, 1.82) is 0 Å². The van der Waals surface area contributed by atoms with Crippen LogP contribution in [0.1, 0.15) is 15.5 Å². The van der Waals surface area contributed by atoms with Crippen molar-refractivity contribution in [1.82, 2.24) is 20.2 Å². The largest absolute Gasteiger partial charge is 0.347 e. The molecule has 6 nitrogen and oxygen atoms in total. The van der Waals surface area contributed by atoms with Crippen molar-refractivity contribution >= 4 is 23.2 Å². The molecule has 2 aromatic heterocycles. The molecule has 0 spiro atoms. The SMILES string of the molecule is CN(CC(=O)NCc1ncc[nH]1)C(=O)c1cccs1. The summed E-state index contributed by atoms with van der Waals surface area (Å²) in [6.45, 7) is 0.351. The van der Waals surface area contributed by atoms with E-state index in [0.29, 0.717) is 17.2 Å². The average Bonchev–Trinajstić information content (AvgIpc) is 3.08. The first-order valence-electron chi connectivity index (χ1n) is 5.70. The quantitative estimate of drug-likeness (QED) is 0.851. The molecule has 0 aromatic carbocycles. The summed E-state index contributed by atoms with van der Waals surface area (Å²) in [5.74, 6) is 0.313. The maximum atomic E-state index is 11.9. The maximum Gasteiger partial charge on any atom is 0.264 e. The minimum Gasteiger partial charge on any atom is -0.347 e. The molecule has 2 N–H and O–H groups in total. The van der Waals surface area contributed by atoms with E-state index in [9.17, 15) is 9.59 Å². The third-order valence-electron chi connectivity index (χ3n) is 2.47. The van der Waals surface area contributed by atoms with Crippen molar-refractivity contribution in [3.8, 4) is 0 Å². The van der Waals surface area contributed by atoms with Crippen LogP contribution in [0.2, 0.25) is 0 Å². The molecule has 0 bridgehead atoms. The van der Waals surface area contributed by atoms with Crippen LogP contribution in [0.5, 0.6) is 0 Å². The number of carbonyl (C=O) groups excluding carboxylic acids is 2. The molecular weight excluding hydrogens is 264 g/mol.